The van der Waals surface area contributed by atoms with Crippen LogP contribution in [0.5, 0.6) is 0 Å². The van der Waals surface area contributed by atoms with Crippen LogP contribution in [-0.2, 0) is 0 Å². The lowest BCUT2D eigenvalue weighted by Gasteiger charge is -2.22. The number of hydrogen-bond acceptors (Lipinski definition) is 0. The first-order valence-electron chi connectivity index (χ1n) is 5.23. The Morgan fingerprint density at radius 3 is 2.33 bits per heavy atom. The molecule has 0 atom stereocenters. The Balaban J connectivity index is 3.39. The number of allylic oxidation sites excluding steroid dienone is 1. The van der Waals surface area contributed by atoms with Crippen molar-refractivity contribution in [3.05, 3.63) is 12.7 Å². The Morgan fingerprint density at radius 2 is 1.83 bits per heavy atom. The van der Waals surface area contributed by atoms with Gasteiger partial charge in [0.1, 0.15) is 0 Å². The van der Waals surface area contributed by atoms with Gasteiger partial charge in [-0.1, -0.05) is 52.5 Å². The molecule has 0 unspecified atom stereocenters. The summed E-state index contributed by atoms with van der Waals surface area (Å²) in [6.07, 6.45) is 10.1. The van der Waals surface area contributed by atoms with Gasteiger partial charge in [0, 0.05) is 0 Å². The molecule has 0 saturated heterocycles. The molecule has 0 nitrogen and oxygen atoms in total. The van der Waals surface area contributed by atoms with E-state index in [1.807, 2.05) is 6.08 Å². The lowest BCUT2D eigenvalue weighted by Crippen LogP contribution is -2.09. The molecule has 0 bridgehead atoms. The first-order valence-corrected chi connectivity index (χ1v) is 5.23. The van der Waals surface area contributed by atoms with Crippen molar-refractivity contribution in [3.63, 3.8) is 0 Å². The molecule has 0 aromatic heterocycles. The minimum Gasteiger partial charge on any atom is -0.103 e. The van der Waals surface area contributed by atoms with Crippen LogP contribution in [0.4, 0.5) is 0 Å². The van der Waals surface area contributed by atoms with Crippen LogP contribution in [0.15, 0.2) is 12.7 Å². The lowest BCUT2D eigenvalue weighted by molar-refractivity contribution is 0.324. The smallest absolute Gasteiger partial charge is 0.0302 e. The molecule has 0 heterocycles. The van der Waals surface area contributed by atoms with E-state index in [4.69, 9.17) is 0 Å². The van der Waals surface area contributed by atoms with Crippen LogP contribution in [0.1, 0.15) is 59.3 Å². The average Bonchev–Trinajstić information content (AvgIpc) is 1.98. The van der Waals surface area contributed by atoms with Crippen LogP contribution in [0.25, 0.3) is 0 Å². The second-order valence-corrected chi connectivity index (χ2v) is 4.47. The highest BCUT2D eigenvalue weighted by Crippen LogP contribution is 2.27. The summed E-state index contributed by atoms with van der Waals surface area (Å²) in [5, 5.41) is 0. The predicted molar refractivity (Wildman–Crippen MR) is 57.4 cm³/mol. The summed E-state index contributed by atoms with van der Waals surface area (Å²) in [6.45, 7) is 10.7. The molecule has 72 valence electrons. The van der Waals surface area contributed by atoms with E-state index in [9.17, 15) is 0 Å². The molecule has 0 amide bonds. The molecule has 0 aliphatic heterocycles. The van der Waals surface area contributed by atoms with Crippen molar-refractivity contribution in [2.24, 2.45) is 5.41 Å². The molecule has 0 heteroatoms. The zero-order chi connectivity index (χ0) is 9.45. The molecule has 0 saturated carbocycles. The monoisotopic (exact) mass is 168 g/mol. The summed E-state index contributed by atoms with van der Waals surface area (Å²) in [5.41, 5.74) is 0.482. The molecule has 12 heavy (non-hydrogen) atoms. The maximum atomic E-state index is 3.79. The molecule has 0 fully saturated rings. The predicted octanol–water partition coefficient (Wildman–Crippen LogP) is 4.56. The van der Waals surface area contributed by atoms with Crippen LogP contribution in [0.3, 0.4) is 0 Å². The number of unbranched alkanes of at least 4 members (excludes halogenated alkanes) is 3. The van der Waals surface area contributed by atoms with Gasteiger partial charge < -0.3 is 0 Å². The average molecular weight is 168 g/mol. The van der Waals surface area contributed by atoms with Crippen molar-refractivity contribution in [2.75, 3.05) is 0 Å². The summed E-state index contributed by atoms with van der Waals surface area (Å²) >= 11 is 0. The van der Waals surface area contributed by atoms with Gasteiger partial charge in [0.2, 0.25) is 0 Å². The summed E-state index contributed by atoms with van der Waals surface area (Å²) < 4.78 is 0. The van der Waals surface area contributed by atoms with E-state index >= 15 is 0 Å². The Bertz CT molecular complexity index is 111. The third-order valence-electron chi connectivity index (χ3n) is 2.40. The molecule has 0 radical (unpaired) electrons. The minimum atomic E-state index is 0.482. The number of rotatable bonds is 7. The van der Waals surface area contributed by atoms with E-state index < -0.39 is 0 Å². The van der Waals surface area contributed by atoms with Gasteiger partial charge >= 0.3 is 0 Å². The van der Waals surface area contributed by atoms with E-state index in [0.29, 0.717) is 5.41 Å². The SMILES string of the molecule is C=CCC(C)(C)CCCCCC. The second kappa shape index (κ2) is 6.28. The fraction of sp³-hybridized carbons (Fsp3) is 0.833. The van der Waals surface area contributed by atoms with Gasteiger partial charge in [0.25, 0.3) is 0 Å². The van der Waals surface area contributed by atoms with Crippen molar-refractivity contribution in [1.29, 1.82) is 0 Å². The quantitative estimate of drug-likeness (QED) is 0.386. The van der Waals surface area contributed by atoms with E-state index in [1.54, 1.807) is 0 Å². The van der Waals surface area contributed by atoms with Crippen molar-refractivity contribution in [3.8, 4) is 0 Å². The Kier molecular flexibility index (Phi) is 6.14. The summed E-state index contributed by atoms with van der Waals surface area (Å²) in [7, 11) is 0. The van der Waals surface area contributed by atoms with Crippen LogP contribution in [0, 0.1) is 5.41 Å². The largest absolute Gasteiger partial charge is 0.103 e. The maximum absolute atomic E-state index is 3.79. The van der Waals surface area contributed by atoms with E-state index in [-0.39, 0.29) is 0 Å². The van der Waals surface area contributed by atoms with Gasteiger partial charge in [-0.15, -0.1) is 6.58 Å². The first kappa shape index (κ1) is 11.7. The topological polar surface area (TPSA) is 0 Å². The van der Waals surface area contributed by atoms with Crippen LogP contribution < -0.4 is 0 Å². The molecule has 0 aliphatic carbocycles. The van der Waals surface area contributed by atoms with Crippen molar-refractivity contribution in [1.82, 2.24) is 0 Å². The Hall–Kier alpha value is -0.260. The van der Waals surface area contributed by atoms with E-state index in [1.165, 1.54) is 32.1 Å². The zero-order valence-electron chi connectivity index (χ0n) is 9.03. The first-order chi connectivity index (χ1) is 5.62. The fourth-order valence-electron chi connectivity index (χ4n) is 1.52. The third-order valence-corrected chi connectivity index (χ3v) is 2.40. The Labute approximate surface area is 78.1 Å². The normalized spacial score (nSPS) is 11.6. The summed E-state index contributed by atoms with van der Waals surface area (Å²) in [5.74, 6) is 0. The molecular formula is C12H24. The van der Waals surface area contributed by atoms with E-state index in [2.05, 4.69) is 27.4 Å². The van der Waals surface area contributed by atoms with Crippen molar-refractivity contribution >= 4 is 0 Å². The van der Waals surface area contributed by atoms with Gasteiger partial charge in [0.15, 0.2) is 0 Å². The summed E-state index contributed by atoms with van der Waals surface area (Å²) in [4.78, 5) is 0. The number of hydrogen-bond donors (Lipinski definition) is 0. The third kappa shape index (κ3) is 6.45. The van der Waals surface area contributed by atoms with Gasteiger partial charge in [-0.25, -0.2) is 0 Å². The summed E-state index contributed by atoms with van der Waals surface area (Å²) in [6, 6.07) is 0. The van der Waals surface area contributed by atoms with Crippen LogP contribution in [-0.4, -0.2) is 0 Å². The van der Waals surface area contributed by atoms with Crippen molar-refractivity contribution in [2.45, 2.75) is 59.3 Å². The van der Waals surface area contributed by atoms with Crippen LogP contribution >= 0.6 is 0 Å². The molecule has 0 aromatic rings. The highest BCUT2D eigenvalue weighted by molar-refractivity contribution is 4.79. The Morgan fingerprint density at radius 1 is 1.17 bits per heavy atom. The van der Waals surface area contributed by atoms with Gasteiger partial charge in [-0.3, -0.25) is 0 Å². The molecule has 0 aliphatic rings. The lowest BCUT2D eigenvalue weighted by atomic mass is 9.84. The van der Waals surface area contributed by atoms with Gasteiger partial charge in [-0.05, 0) is 18.3 Å². The van der Waals surface area contributed by atoms with E-state index in [0.717, 1.165) is 6.42 Å². The molecule has 0 N–H and O–H groups in total. The molecular weight excluding hydrogens is 144 g/mol. The van der Waals surface area contributed by atoms with Crippen LogP contribution in [0.2, 0.25) is 0 Å². The zero-order valence-corrected chi connectivity index (χ0v) is 9.03. The van der Waals surface area contributed by atoms with Gasteiger partial charge in [-0.2, -0.15) is 0 Å². The standard InChI is InChI=1S/C12H24/c1-5-7-8-9-11-12(3,4)10-6-2/h6H,2,5,7-11H2,1,3-4H3. The second-order valence-electron chi connectivity index (χ2n) is 4.47. The molecule has 0 rings (SSSR count). The fourth-order valence-corrected chi connectivity index (χ4v) is 1.52. The maximum Gasteiger partial charge on any atom is -0.0302 e. The van der Waals surface area contributed by atoms with Gasteiger partial charge in [0.05, 0.1) is 0 Å². The van der Waals surface area contributed by atoms with Crippen molar-refractivity contribution < 1.29 is 0 Å². The highest BCUT2D eigenvalue weighted by Gasteiger charge is 2.14. The molecule has 0 aromatic carbocycles. The minimum absolute atomic E-state index is 0.482. The molecule has 0 spiro atoms. The highest BCUT2D eigenvalue weighted by atomic mass is 14.2.